The first kappa shape index (κ1) is 13.9. The van der Waals surface area contributed by atoms with Gasteiger partial charge >= 0.3 is 0 Å². The van der Waals surface area contributed by atoms with Crippen LogP contribution in [0.3, 0.4) is 0 Å². The molecule has 0 radical (unpaired) electrons. The van der Waals surface area contributed by atoms with E-state index in [1.165, 1.54) is 13.4 Å². The van der Waals surface area contributed by atoms with Crippen molar-refractivity contribution in [2.45, 2.75) is 6.92 Å². The smallest absolute Gasteiger partial charge is 0.251 e. The predicted octanol–water partition coefficient (Wildman–Crippen LogP) is 2.35. The number of phenolic OH excluding ortho intramolecular Hbond substituents is 1. The number of fused-ring (bicyclic) bond motifs is 1. The summed E-state index contributed by atoms with van der Waals surface area (Å²) in [5.41, 5.74) is 9.42. The first-order valence-corrected chi connectivity index (χ1v) is 6.66. The lowest BCUT2D eigenvalue weighted by atomic mass is 9.97. The number of benzene rings is 2. The molecule has 0 atom stereocenters. The molecule has 2 aromatic carbocycles. The minimum absolute atomic E-state index is 0.0420. The monoisotopic (exact) mass is 297 g/mol. The van der Waals surface area contributed by atoms with E-state index in [4.69, 9.17) is 10.5 Å². The number of methoxy groups -OCH3 is 1. The molecule has 0 aliphatic rings. The summed E-state index contributed by atoms with van der Waals surface area (Å²) >= 11 is 0. The molecule has 0 fully saturated rings. The first-order chi connectivity index (χ1) is 10.5. The molecule has 0 aliphatic heterocycles. The van der Waals surface area contributed by atoms with Crippen molar-refractivity contribution >= 4 is 16.9 Å². The SMILES string of the molecule is COc1ccc(-c2cc(C)c(C(N)=O)c3[nH]cnc23)cc1O. The Hall–Kier alpha value is -3.02. The molecule has 0 bridgehead atoms. The third-order valence-electron chi connectivity index (χ3n) is 3.64. The lowest BCUT2D eigenvalue weighted by molar-refractivity contribution is 0.100. The number of ether oxygens (including phenoxy) is 1. The largest absolute Gasteiger partial charge is 0.504 e. The van der Waals surface area contributed by atoms with E-state index in [1.807, 2.05) is 19.1 Å². The minimum atomic E-state index is -0.504. The standard InChI is InChI=1S/C16H15N3O3/c1-8-5-10(9-3-4-12(22-2)11(20)6-9)14-15(19-7-18-14)13(8)16(17)21/h3-7,20H,1-2H3,(H2,17,21)(H,18,19). The molecule has 0 unspecified atom stereocenters. The Balaban J connectivity index is 2.28. The van der Waals surface area contributed by atoms with E-state index >= 15 is 0 Å². The zero-order valence-corrected chi connectivity index (χ0v) is 12.2. The normalized spacial score (nSPS) is 10.8. The number of nitrogens with zero attached hydrogens (tertiary/aromatic N) is 1. The highest BCUT2D eigenvalue weighted by Gasteiger charge is 2.17. The summed E-state index contributed by atoms with van der Waals surface area (Å²) in [6.07, 6.45) is 1.52. The van der Waals surface area contributed by atoms with Gasteiger partial charge in [-0.25, -0.2) is 4.98 Å². The Kier molecular flexibility index (Phi) is 3.21. The van der Waals surface area contributed by atoms with Crippen molar-refractivity contribution in [1.82, 2.24) is 9.97 Å². The number of aryl methyl sites for hydroxylation is 1. The number of carbonyl (C=O) groups is 1. The molecule has 0 saturated heterocycles. The predicted molar refractivity (Wildman–Crippen MR) is 83.0 cm³/mol. The average Bonchev–Trinajstić information content (AvgIpc) is 2.94. The number of nitrogens with two attached hydrogens (primary N) is 1. The van der Waals surface area contributed by atoms with Gasteiger partial charge in [0.1, 0.15) is 0 Å². The van der Waals surface area contributed by atoms with Crippen molar-refractivity contribution in [3.05, 3.63) is 41.7 Å². The second-order valence-electron chi connectivity index (χ2n) is 4.99. The number of primary amides is 1. The van der Waals surface area contributed by atoms with Crippen LogP contribution in [0.5, 0.6) is 11.5 Å². The molecule has 3 rings (SSSR count). The summed E-state index contributed by atoms with van der Waals surface area (Å²) in [6.45, 7) is 1.81. The molecule has 6 nitrogen and oxygen atoms in total. The quantitative estimate of drug-likeness (QED) is 0.690. The van der Waals surface area contributed by atoms with E-state index in [1.54, 1.807) is 12.1 Å². The van der Waals surface area contributed by atoms with Gasteiger partial charge in [0.25, 0.3) is 5.91 Å². The molecule has 1 amide bonds. The van der Waals surface area contributed by atoms with Crippen LogP contribution in [-0.4, -0.2) is 28.1 Å². The van der Waals surface area contributed by atoms with Crippen molar-refractivity contribution in [1.29, 1.82) is 0 Å². The molecule has 1 aromatic heterocycles. The highest BCUT2D eigenvalue weighted by Crippen LogP contribution is 2.35. The number of phenols is 1. The lowest BCUT2D eigenvalue weighted by Gasteiger charge is -2.10. The topological polar surface area (TPSA) is 101 Å². The lowest BCUT2D eigenvalue weighted by Crippen LogP contribution is -2.13. The zero-order chi connectivity index (χ0) is 15.9. The fraction of sp³-hybridized carbons (Fsp3) is 0.125. The number of nitrogens with one attached hydrogen (secondary N) is 1. The molecule has 4 N–H and O–H groups in total. The summed E-state index contributed by atoms with van der Waals surface area (Å²) in [5, 5.41) is 9.96. The van der Waals surface area contributed by atoms with Crippen LogP contribution >= 0.6 is 0 Å². The number of amides is 1. The van der Waals surface area contributed by atoms with E-state index in [-0.39, 0.29) is 5.75 Å². The van der Waals surface area contributed by atoms with Gasteiger partial charge in [-0.3, -0.25) is 4.79 Å². The van der Waals surface area contributed by atoms with Crippen LogP contribution in [0.1, 0.15) is 15.9 Å². The van der Waals surface area contributed by atoms with E-state index in [0.29, 0.717) is 22.3 Å². The van der Waals surface area contributed by atoms with Gasteiger partial charge in [-0.15, -0.1) is 0 Å². The van der Waals surface area contributed by atoms with Gasteiger partial charge in [-0.05, 0) is 36.2 Å². The number of hydrogen-bond acceptors (Lipinski definition) is 4. The van der Waals surface area contributed by atoms with E-state index < -0.39 is 5.91 Å². The van der Waals surface area contributed by atoms with Gasteiger partial charge in [-0.2, -0.15) is 0 Å². The van der Waals surface area contributed by atoms with Crippen LogP contribution in [0, 0.1) is 6.92 Å². The maximum atomic E-state index is 11.6. The molecule has 0 aliphatic carbocycles. The number of aromatic nitrogens is 2. The van der Waals surface area contributed by atoms with Crippen molar-refractivity contribution < 1.29 is 14.6 Å². The second-order valence-corrected chi connectivity index (χ2v) is 4.99. The highest BCUT2D eigenvalue weighted by atomic mass is 16.5. The van der Waals surface area contributed by atoms with Crippen molar-refractivity contribution in [2.24, 2.45) is 5.73 Å². The van der Waals surface area contributed by atoms with Gasteiger partial charge in [-0.1, -0.05) is 6.07 Å². The molecule has 6 heteroatoms. The third kappa shape index (κ3) is 2.05. The van der Waals surface area contributed by atoms with E-state index in [2.05, 4.69) is 9.97 Å². The van der Waals surface area contributed by atoms with Crippen LogP contribution in [-0.2, 0) is 0 Å². The Bertz CT molecular complexity index is 884. The Labute approximate surface area is 126 Å². The van der Waals surface area contributed by atoms with E-state index in [9.17, 15) is 9.90 Å². The fourth-order valence-electron chi connectivity index (χ4n) is 2.64. The molecule has 0 spiro atoms. The number of aromatic amines is 1. The number of carbonyl (C=O) groups excluding carboxylic acids is 1. The zero-order valence-electron chi connectivity index (χ0n) is 12.2. The molecule has 22 heavy (non-hydrogen) atoms. The molecule has 0 saturated carbocycles. The Morgan fingerprint density at radius 3 is 2.77 bits per heavy atom. The third-order valence-corrected chi connectivity index (χ3v) is 3.64. The van der Waals surface area contributed by atoms with Crippen molar-refractivity contribution in [3.8, 4) is 22.6 Å². The highest BCUT2D eigenvalue weighted by molar-refractivity contribution is 6.09. The molecule has 112 valence electrons. The number of aromatic hydroxyl groups is 1. The van der Waals surface area contributed by atoms with Crippen molar-refractivity contribution in [3.63, 3.8) is 0 Å². The Morgan fingerprint density at radius 2 is 2.14 bits per heavy atom. The average molecular weight is 297 g/mol. The van der Waals surface area contributed by atoms with Crippen molar-refractivity contribution in [2.75, 3.05) is 7.11 Å². The molecule has 3 aromatic rings. The number of hydrogen-bond donors (Lipinski definition) is 3. The van der Waals surface area contributed by atoms with Gasteiger partial charge in [0.05, 0.1) is 30.0 Å². The van der Waals surface area contributed by atoms with Gasteiger partial charge in [0.2, 0.25) is 0 Å². The second kappa shape index (κ2) is 5.07. The summed E-state index contributed by atoms with van der Waals surface area (Å²) in [5.74, 6) is -0.0660. The van der Waals surface area contributed by atoms with Crippen LogP contribution in [0.25, 0.3) is 22.2 Å². The summed E-state index contributed by atoms with van der Waals surface area (Å²) < 4.78 is 5.05. The number of H-pyrrole nitrogens is 1. The number of rotatable bonds is 3. The van der Waals surface area contributed by atoms with Gasteiger partial charge in [0, 0.05) is 5.56 Å². The van der Waals surface area contributed by atoms with E-state index in [0.717, 1.165) is 16.7 Å². The van der Waals surface area contributed by atoms with Crippen LogP contribution in [0.15, 0.2) is 30.6 Å². The van der Waals surface area contributed by atoms with Gasteiger partial charge in [0.15, 0.2) is 11.5 Å². The summed E-state index contributed by atoms with van der Waals surface area (Å²) in [4.78, 5) is 18.9. The Morgan fingerprint density at radius 1 is 1.36 bits per heavy atom. The maximum absolute atomic E-state index is 11.6. The minimum Gasteiger partial charge on any atom is -0.504 e. The number of imidazole rings is 1. The summed E-state index contributed by atoms with van der Waals surface area (Å²) in [7, 11) is 1.49. The molecular formula is C16H15N3O3. The molecule has 1 heterocycles. The first-order valence-electron chi connectivity index (χ1n) is 6.66. The molecular weight excluding hydrogens is 282 g/mol. The fourth-order valence-corrected chi connectivity index (χ4v) is 2.64. The van der Waals surface area contributed by atoms with Crippen LogP contribution in [0.4, 0.5) is 0 Å². The summed E-state index contributed by atoms with van der Waals surface area (Å²) in [6, 6.07) is 6.95. The van der Waals surface area contributed by atoms with Gasteiger partial charge < -0.3 is 20.6 Å². The van der Waals surface area contributed by atoms with Crippen LogP contribution < -0.4 is 10.5 Å². The van der Waals surface area contributed by atoms with Crippen LogP contribution in [0.2, 0.25) is 0 Å². The maximum Gasteiger partial charge on any atom is 0.251 e.